The van der Waals surface area contributed by atoms with Gasteiger partial charge in [0.1, 0.15) is 0 Å². The van der Waals surface area contributed by atoms with E-state index < -0.39 is 0 Å². The zero-order valence-electron chi connectivity index (χ0n) is 12.8. The predicted molar refractivity (Wildman–Crippen MR) is 85.7 cm³/mol. The Bertz CT molecular complexity index is 534. The van der Waals surface area contributed by atoms with Gasteiger partial charge in [-0.2, -0.15) is 0 Å². The Labute approximate surface area is 131 Å². The molecule has 5 heteroatoms. The van der Waals surface area contributed by atoms with Crippen molar-refractivity contribution in [3.63, 3.8) is 0 Å². The summed E-state index contributed by atoms with van der Waals surface area (Å²) in [7, 11) is 0. The third kappa shape index (κ3) is 4.69. The van der Waals surface area contributed by atoms with Gasteiger partial charge in [0.25, 0.3) is 11.8 Å². The van der Waals surface area contributed by atoms with Gasteiger partial charge >= 0.3 is 0 Å². The van der Waals surface area contributed by atoms with Crippen LogP contribution in [-0.4, -0.2) is 29.4 Å². The van der Waals surface area contributed by atoms with E-state index in [4.69, 9.17) is 0 Å². The number of aromatic nitrogens is 1. The van der Waals surface area contributed by atoms with Crippen LogP contribution in [0, 0.1) is 0 Å². The number of nitrogens with zero attached hydrogens (tertiary/aromatic N) is 1. The van der Waals surface area contributed by atoms with Crippen LogP contribution in [0.15, 0.2) is 31.1 Å². The van der Waals surface area contributed by atoms with E-state index in [0.29, 0.717) is 17.7 Å². The Balaban J connectivity index is 2.00. The molecule has 1 saturated carbocycles. The molecular formula is C17H23N3O2. The highest BCUT2D eigenvalue weighted by molar-refractivity contribution is 5.99. The van der Waals surface area contributed by atoms with Gasteiger partial charge in [0.2, 0.25) is 0 Å². The van der Waals surface area contributed by atoms with Crippen LogP contribution >= 0.6 is 0 Å². The molecular weight excluding hydrogens is 278 g/mol. The fourth-order valence-electron chi connectivity index (χ4n) is 2.65. The average molecular weight is 301 g/mol. The summed E-state index contributed by atoms with van der Waals surface area (Å²) >= 11 is 0. The van der Waals surface area contributed by atoms with Crippen LogP contribution < -0.4 is 10.6 Å². The summed E-state index contributed by atoms with van der Waals surface area (Å²) in [6.45, 7) is 3.94. The van der Waals surface area contributed by atoms with Gasteiger partial charge in [-0.15, -0.1) is 6.58 Å². The van der Waals surface area contributed by atoms with E-state index in [-0.39, 0.29) is 17.9 Å². The Morgan fingerprint density at radius 3 is 2.41 bits per heavy atom. The van der Waals surface area contributed by atoms with Gasteiger partial charge in [0, 0.05) is 25.0 Å². The molecule has 0 bridgehead atoms. The fourth-order valence-corrected chi connectivity index (χ4v) is 2.65. The van der Waals surface area contributed by atoms with E-state index in [0.717, 1.165) is 25.7 Å². The number of carbonyl (C=O) groups is 2. The first kappa shape index (κ1) is 16.2. The first-order chi connectivity index (χ1) is 10.7. The van der Waals surface area contributed by atoms with Crippen LogP contribution in [0.2, 0.25) is 0 Å². The van der Waals surface area contributed by atoms with Gasteiger partial charge in [0.15, 0.2) is 0 Å². The van der Waals surface area contributed by atoms with Crippen molar-refractivity contribution in [2.24, 2.45) is 0 Å². The lowest BCUT2D eigenvalue weighted by Crippen LogP contribution is -2.34. The number of hydrogen-bond acceptors (Lipinski definition) is 3. The Kier molecular flexibility index (Phi) is 6.13. The normalized spacial score (nSPS) is 15.6. The highest BCUT2D eigenvalue weighted by Gasteiger charge is 2.17. The minimum Gasteiger partial charge on any atom is -0.349 e. The van der Waals surface area contributed by atoms with E-state index in [2.05, 4.69) is 22.2 Å². The van der Waals surface area contributed by atoms with Gasteiger partial charge in [-0.05, 0) is 18.9 Å². The van der Waals surface area contributed by atoms with Crippen molar-refractivity contribution in [2.45, 2.75) is 44.6 Å². The maximum Gasteiger partial charge on any atom is 0.253 e. The number of nitrogens with one attached hydrogen (secondary N) is 2. The van der Waals surface area contributed by atoms with Crippen LogP contribution in [-0.2, 0) is 0 Å². The van der Waals surface area contributed by atoms with Gasteiger partial charge in [-0.3, -0.25) is 14.6 Å². The lowest BCUT2D eigenvalue weighted by Gasteiger charge is -2.16. The lowest BCUT2D eigenvalue weighted by atomic mass is 10.1. The molecule has 0 atom stereocenters. The number of hydrogen-bond donors (Lipinski definition) is 2. The molecule has 0 aliphatic heterocycles. The molecule has 22 heavy (non-hydrogen) atoms. The molecule has 2 N–H and O–H groups in total. The van der Waals surface area contributed by atoms with Crippen LogP contribution in [0.5, 0.6) is 0 Å². The zero-order valence-corrected chi connectivity index (χ0v) is 12.8. The highest BCUT2D eigenvalue weighted by Crippen LogP contribution is 2.17. The first-order valence-electron chi connectivity index (χ1n) is 7.85. The minimum atomic E-state index is -0.253. The van der Waals surface area contributed by atoms with Crippen molar-refractivity contribution >= 4 is 11.8 Å². The molecule has 2 rings (SSSR count). The largest absolute Gasteiger partial charge is 0.349 e. The molecule has 0 saturated heterocycles. The Morgan fingerprint density at radius 1 is 1.14 bits per heavy atom. The van der Waals surface area contributed by atoms with Crippen LogP contribution in [0.25, 0.3) is 0 Å². The number of carbonyl (C=O) groups excluding carboxylic acids is 2. The van der Waals surface area contributed by atoms with Crippen molar-refractivity contribution < 1.29 is 9.59 Å². The molecule has 2 amide bonds. The quantitative estimate of drug-likeness (QED) is 0.648. The van der Waals surface area contributed by atoms with Crippen LogP contribution in [0.4, 0.5) is 0 Å². The minimum absolute atomic E-state index is 0.155. The lowest BCUT2D eigenvalue weighted by molar-refractivity contribution is 0.0933. The number of amides is 2. The summed E-state index contributed by atoms with van der Waals surface area (Å²) in [5, 5.41) is 5.73. The molecule has 1 aromatic rings. The predicted octanol–water partition coefficient (Wildman–Crippen LogP) is 2.45. The van der Waals surface area contributed by atoms with Gasteiger partial charge in [-0.25, -0.2) is 0 Å². The fraction of sp³-hybridized carbons (Fsp3) is 0.471. The van der Waals surface area contributed by atoms with Gasteiger partial charge < -0.3 is 10.6 Å². The smallest absolute Gasteiger partial charge is 0.253 e. The summed E-state index contributed by atoms with van der Waals surface area (Å²) in [5.74, 6) is -0.408. The van der Waals surface area contributed by atoms with Crippen molar-refractivity contribution in [2.75, 3.05) is 6.54 Å². The summed E-state index contributed by atoms with van der Waals surface area (Å²) in [6, 6.07) is 1.81. The SMILES string of the molecule is C=CCNC(=O)c1cncc(C(=O)NC2CCCCCC2)c1. The molecule has 1 aliphatic carbocycles. The van der Waals surface area contributed by atoms with E-state index in [1.54, 1.807) is 12.1 Å². The molecule has 0 radical (unpaired) electrons. The van der Waals surface area contributed by atoms with E-state index in [1.807, 2.05) is 0 Å². The van der Waals surface area contributed by atoms with E-state index in [9.17, 15) is 9.59 Å². The molecule has 1 fully saturated rings. The average Bonchev–Trinajstić information content (AvgIpc) is 2.81. The summed E-state index contributed by atoms with van der Waals surface area (Å²) in [4.78, 5) is 28.2. The van der Waals surface area contributed by atoms with Crippen molar-refractivity contribution in [3.8, 4) is 0 Å². The molecule has 0 unspecified atom stereocenters. The zero-order chi connectivity index (χ0) is 15.8. The van der Waals surface area contributed by atoms with Gasteiger partial charge in [0.05, 0.1) is 11.1 Å². The monoisotopic (exact) mass is 301 g/mol. The topological polar surface area (TPSA) is 71.1 Å². The molecule has 0 aromatic carbocycles. The molecule has 5 nitrogen and oxygen atoms in total. The van der Waals surface area contributed by atoms with E-state index in [1.165, 1.54) is 25.2 Å². The van der Waals surface area contributed by atoms with Crippen molar-refractivity contribution in [1.29, 1.82) is 0 Å². The Hall–Kier alpha value is -2.17. The second-order valence-electron chi connectivity index (χ2n) is 5.62. The number of rotatable bonds is 5. The highest BCUT2D eigenvalue weighted by atomic mass is 16.2. The molecule has 0 spiro atoms. The van der Waals surface area contributed by atoms with Crippen LogP contribution in [0.1, 0.15) is 59.2 Å². The number of pyridine rings is 1. The third-order valence-electron chi connectivity index (χ3n) is 3.86. The maximum absolute atomic E-state index is 12.3. The summed E-state index contributed by atoms with van der Waals surface area (Å²) in [5.41, 5.74) is 0.811. The molecule has 1 aromatic heterocycles. The molecule has 1 heterocycles. The Morgan fingerprint density at radius 2 is 1.77 bits per heavy atom. The van der Waals surface area contributed by atoms with Crippen LogP contribution in [0.3, 0.4) is 0 Å². The third-order valence-corrected chi connectivity index (χ3v) is 3.86. The van der Waals surface area contributed by atoms with Gasteiger partial charge in [-0.1, -0.05) is 31.8 Å². The molecule has 1 aliphatic rings. The standard InChI is InChI=1S/C17H23N3O2/c1-2-9-19-16(21)13-10-14(12-18-11-13)17(22)20-15-7-5-3-4-6-8-15/h2,10-12,15H,1,3-9H2,(H,19,21)(H,20,22). The van der Waals surface area contributed by atoms with E-state index >= 15 is 0 Å². The van der Waals surface area contributed by atoms with Crippen molar-refractivity contribution in [3.05, 3.63) is 42.2 Å². The van der Waals surface area contributed by atoms with Crippen molar-refractivity contribution in [1.82, 2.24) is 15.6 Å². The summed E-state index contributed by atoms with van der Waals surface area (Å²) < 4.78 is 0. The summed E-state index contributed by atoms with van der Waals surface area (Å²) in [6.07, 6.45) is 11.4. The molecule has 118 valence electrons. The maximum atomic E-state index is 12.3. The second kappa shape index (κ2) is 8.32. The first-order valence-corrected chi connectivity index (χ1v) is 7.85. The second-order valence-corrected chi connectivity index (χ2v) is 5.62.